The van der Waals surface area contributed by atoms with Gasteiger partial charge in [0.05, 0.1) is 18.1 Å². The van der Waals surface area contributed by atoms with E-state index in [-0.39, 0.29) is 6.61 Å². The van der Waals surface area contributed by atoms with Crippen LogP contribution in [0.5, 0.6) is 0 Å². The van der Waals surface area contributed by atoms with E-state index in [1.165, 1.54) is 0 Å². The molecule has 2 heterocycles. The normalized spacial score (nSPS) is 21.4. The highest BCUT2D eigenvalue weighted by atomic mass is 16.3. The Morgan fingerprint density at radius 2 is 2.35 bits per heavy atom. The van der Waals surface area contributed by atoms with Gasteiger partial charge in [-0.3, -0.25) is 9.88 Å². The van der Waals surface area contributed by atoms with Crippen molar-refractivity contribution in [1.29, 1.82) is 0 Å². The fourth-order valence-corrected chi connectivity index (χ4v) is 2.18. The van der Waals surface area contributed by atoms with Gasteiger partial charge in [-0.2, -0.15) is 0 Å². The molecule has 2 rings (SSSR count). The van der Waals surface area contributed by atoms with Crippen LogP contribution < -0.4 is 11.3 Å². The zero-order chi connectivity index (χ0) is 12.1. The summed E-state index contributed by atoms with van der Waals surface area (Å²) in [6.45, 7) is 3.07. The number of likely N-dealkylation sites (tertiary alicyclic amines) is 1. The van der Waals surface area contributed by atoms with E-state index in [4.69, 9.17) is 10.9 Å². The minimum atomic E-state index is 0.276. The lowest BCUT2D eigenvalue weighted by Crippen LogP contribution is -2.36. The van der Waals surface area contributed by atoms with Gasteiger partial charge in [-0.1, -0.05) is 0 Å². The molecule has 0 spiro atoms. The Morgan fingerprint density at radius 3 is 3.00 bits per heavy atom. The monoisotopic (exact) mass is 237 g/mol. The van der Waals surface area contributed by atoms with Crippen LogP contribution in [-0.4, -0.2) is 39.7 Å². The molecule has 0 amide bonds. The van der Waals surface area contributed by atoms with Gasteiger partial charge in [-0.25, -0.2) is 10.8 Å². The fraction of sp³-hybridized carbons (Fsp3) is 0.636. The first-order valence-corrected chi connectivity index (χ1v) is 5.92. The predicted octanol–water partition coefficient (Wildman–Crippen LogP) is -0.0335. The standard InChI is InChI=1S/C11H19N5O/c12-15-11-5-13-10(4-14-11)7-16-3-1-2-9(6-16)8-17/h4-5,9,17H,1-3,6-8,12H2,(H,14,15). The van der Waals surface area contributed by atoms with E-state index in [1.54, 1.807) is 12.4 Å². The largest absolute Gasteiger partial charge is 0.396 e. The van der Waals surface area contributed by atoms with Crippen molar-refractivity contribution >= 4 is 5.82 Å². The number of hydrazine groups is 1. The average Bonchev–Trinajstić information content (AvgIpc) is 2.40. The Labute approximate surface area is 101 Å². The van der Waals surface area contributed by atoms with E-state index in [1.807, 2.05) is 0 Å². The van der Waals surface area contributed by atoms with E-state index in [2.05, 4.69) is 20.3 Å². The molecular weight excluding hydrogens is 218 g/mol. The summed E-state index contributed by atoms with van der Waals surface area (Å²) in [5.74, 6) is 6.20. The summed E-state index contributed by atoms with van der Waals surface area (Å²) in [7, 11) is 0. The van der Waals surface area contributed by atoms with Crippen LogP contribution in [0.25, 0.3) is 0 Å². The topological polar surface area (TPSA) is 87.3 Å². The molecule has 6 nitrogen and oxygen atoms in total. The summed E-state index contributed by atoms with van der Waals surface area (Å²) in [6.07, 6.45) is 5.62. The predicted molar refractivity (Wildman–Crippen MR) is 64.9 cm³/mol. The molecule has 1 aromatic rings. The van der Waals surface area contributed by atoms with Gasteiger partial charge in [0.2, 0.25) is 0 Å². The Morgan fingerprint density at radius 1 is 1.47 bits per heavy atom. The van der Waals surface area contributed by atoms with Crippen LogP contribution >= 0.6 is 0 Å². The number of nitrogens with zero attached hydrogens (tertiary/aromatic N) is 3. The number of aliphatic hydroxyl groups is 1. The lowest BCUT2D eigenvalue weighted by molar-refractivity contribution is 0.115. The van der Waals surface area contributed by atoms with Crippen molar-refractivity contribution in [3.05, 3.63) is 18.1 Å². The van der Waals surface area contributed by atoms with Gasteiger partial charge in [-0.15, -0.1) is 0 Å². The molecule has 0 aromatic carbocycles. The third-order valence-corrected chi connectivity index (χ3v) is 3.10. The molecule has 0 saturated carbocycles. The van der Waals surface area contributed by atoms with Crippen LogP contribution in [0.1, 0.15) is 18.5 Å². The smallest absolute Gasteiger partial charge is 0.158 e. The third-order valence-electron chi connectivity index (χ3n) is 3.10. The molecule has 17 heavy (non-hydrogen) atoms. The van der Waals surface area contributed by atoms with Crippen LogP contribution in [0, 0.1) is 5.92 Å². The molecule has 1 saturated heterocycles. The van der Waals surface area contributed by atoms with E-state index in [0.29, 0.717) is 11.7 Å². The number of rotatable bonds is 4. The second kappa shape index (κ2) is 5.90. The third kappa shape index (κ3) is 3.36. The zero-order valence-corrected chi connectivity index (χ0v) is 9.84. The van der Waals surface area contributed by atoms with Crippen LogP contribution in [0.4, 0.5) is 5.82 Å². The maximum absolute atomic E-state index is 9.17. The highest BCUT2D eigenvalue weighted by Gasteiger charge is 2.19. The lowest BCUT2D eigenvalue weighted by Gasteiger charge is -2.31. The summed E-state index contributed by atoms with van der Waals surface area (Å²) >= 11 is 0. The number of hydrogen-bond donors (Lipinski definition) is 3. The molecular formula is C11H19N5O. The van der Waals surface area contributed by atoms with Crippen LogP contribution in [0.2, 0.25) is 0 Å². The van der Waals surface area contributed by atoms with E-state index in [9.17, 15) is 0 Å². The van der Waals surface area contributed by atoms with Gasteiger partial charge in [0.25, 0.3) is 0 Å². The maximum Gasteiger partial charge on any atom is 0.158 e. The summed E-state index contributed by atoms with van der Waals surface area (Å²) in [4.78, 5) is 10.7. The van der Waals surface area contributed by atoms with Crippen molar-refractivity contribution in [2.75, 3.05) is 25.1 Å². The van der Waals surface area contributed by atoms with Crippen LogP contribution in [-0.2, 0) is 6.54 Å². The van der Waals surface area contributed by atoms with Crippen LogP contribution in [0.3, 0.4) is 0 Å². The summed E-state index contributed by atoms with van der Waals surface area (Å²) in [5.41, 5.74) is 3.39. The number of anilines is 1. The number of hydrogen-bond acceptors (Lipinski definition) is 6. The molecule has 94 valence electrons. The minimum Gasteiger partial charge on any atom is -0.396 e. The first kappa shape index (κ1) is 12.2. The molecule has 1 unspecified atom stereocenters. The van der Waals surface area contributed by atoms with Crippen molar-refractivity contribution in [2.45, 2.75) is 19.4 Å². The minimum absolute atomic E-state index is 0.276. The second-order valence-corrected chi connectivity index (χ2v) is 4.46. The van der Waals surface area contributed by atoms with Crippen molar-refractivity contribution in [3.8, 4) is 0 Å². The van der Waals surface area contributed by atoms with Crippen molar-refractivity contribution in [2.24, 2.45) is 11.8 Å². The number of piperidine rings is 1. The highest BCUT2D eigenvalue weighted by Crippen LogP contribution is 2.17. The molecule has 4 N–H and O–H groups in total. The second-order valence-electron chi connectivity index (χ2n) is 4.46. The van der Waals surface area contributed by atoms with Crippen LogP contribution in [0.15, 0.2) is 12.4 Å². The molecule has 1 atom stereocenters. The number of nitrogens with one attached hydrogen (secondary N) is 1. The number of nitrogen functional groups attached to an aromatic ring is 1. The lowest BCUT2D eigenvalue weighted by atomic mass is 9.99. The van der Waals surface area contributed by atoms with E-state index in [0.717, 1.165) is 38.2 Å². The van der Waals surface area contributed by atoms with E-state index < -0.39 is 0 Å². The van der Waals surface area contributed by atoms with Gasteiger partial charge in [0.15, 0.2) is 5.82 Å². The average molecular weight is 237 g/mol. The molecule has 0 radical (unpaired) electrons. The number of aromatic nitrogens is 2. The molecule has 1 aliphatic heterocycles. The molecule has 1 fully saturated rings. The van der Waals surface area contributed by atoms with Gasteiger partial charge in [0.1, 0.15) is 0 Å². The van der Waals surface area contributed by atoms with Gasteiger partial charge in [0, 0.05) is 19.7 Å². The Kier molecular flexibility index (Phi) is 4.24. The van der Waals surface area contributed by atoms with Crippen molar-refractivity contribution < 1.29 is 5.11 Å². The molecule has 0 bridgehead atoms. The van der Waals surface area contributed by atoms with Gasteiger partial charge in [-0.05, 0) is 25.3 Å². The SMILES string of the molecule is NNc1cnc(CN2CCCC(CO)C2)cn1. The Balaban J connectivity index is 1.90. The fourth-order valence-electron chi connectivity index (χ4n) is 2.18. The maximum atomic E-state index is 9.17. The first-order chi connectivity index (χ1) is 8.31. The summed E-state index contributed by atoms with van der Waals surface area (Å²) in [6, 6.07) is 0. The molecule has 1 aromatic heterocycles. The molecule has 6 heteroatoms. The number of aliphatic hydroxyl groups excluding tert-OH is 1. The summed E-state index contributed by atoms with van der Waals surface area (Å²) < 4.78 is 0. The van der Waals surface area contributed by atoms with Crippen molar-refractivity contribution in [1.82, 2.24) is 14.9 Å². The zero-order valence-electron chi connectivity index (χ0n) is 9.84. The van der Waals surface area contributed by atoms with Gasteiger partial charge < -0.3 is 10.5 Å². The molecule has 0 aliphatic carbocycles. The quantitative estimate of drug-likeness (QED) is 0.503. The van der Waals surface area contributed by atoms with Crippen molar-refractivity contribution in [3.63, 3.8) is 0 Å². The summed E-state index contributed by atoms with van der Waals surface area (Å²) in [5, 5.41) is 9.17. The Hall–Kier alpha value is -1.24. The molecule has 1 aliphatic rings. The first-order valence-electron chi connectivity index (χ1n) is 5.92. The van der Waals surface area contributed by atoms with Gasteiger partial charge >= 0.3 is 0 Å². The number of nitrogens with two attached hydrogens (primary N) is 1. The van der Waals surface area contributed by atoms with E-state index >= 15 is 0 Å². The Bertz CT molecular complexity index is 342. The highest BCUT2D eigenvalue weighted by molar-refractivity contribution is 5.28.